The molecule has 0 aliphatic rings. The van der Waals surface area contributed by atoms with Crippen molar-refractivity contribution in [3.63, 3.8) is 0 Å². The van der Waals surface area contributed by atoms with Crippen LogP contribution in [0.2, 0.25) is 0 Å². The van der Waals surface area contributed by atoms with E-state index in [2.05, 4.69) is 10.5 Å². The summed E-state index contributed by atoms with van der Waals surface area (Å²) in [5.41, 5.74) is 1.89. The molecule has 0 spiro atoms. The zero-order chi connectivity index (χ0) is 26.2. The fourth-order valence-electron chi connectivity index (χ4n) is 2.92. The van der Waals surface area contributed by atoms with Gasteiger partial charge in [-0.25, -0.2) is 10.2 Å². The van der Waals surface area contributed by atoms with Crippen LogP contribution in [0.4, 0.5) is 5.69 Å². The van der Waals surface area contributed by atoms with Crippen LogP contribution in [-0.4, -0.2) is 41.2 Å². The van der Waals surface area contributed by atoms with Gasteiger partial charge in [0.1, 0.15) is 11.5 Å². The quantitative estimate of drug-likeness (QED) is 0.157. The minimum absolute atomic E-state index is 0.0126. The van der Waals surface area contributed by atoms with E-state index in [0.717, 1.165) is 18.3 Å². The van der Waals surface area contributed by atoms with Crippen LogP contribution in [0.1, 0.15) is 33.2 Å². The van der Waals surface area contributed by atoms with E-state index in [-0.39, 0.29) is 45.4 Å². The molecule has 12 heteroatoms. The second-order valence-electron chi connectivity index (χ2n) is 7.04. The van der Waals surface area contributed by atoms with E-state index in [9.17, 15) is 29.6 Å². The Labute approximate surface area is 203 Å². The minimum atomic E-state index is -0.843. The van der Waals surface area contributed by atoms with Gasteiger partial charge in [0.2, 0.25) is 0 Å². The number of phenols is 1. The predicted octanol–water partition coefficient (Wildman–Crippen LogP) is 3.22. The maximum Gasteiger partial charge on any atom is 0.343 e. The number of non-ortho nitro benzene ring substituents is 1. The fraction of sp³-hybridized carbons (Fsp3) is 0.0833. The van der Waals surface area contributed by atoms with Crippen molar-refractivity contribution in [1.82, 2.24) is 5.43 Å². The molecule has 0 aromatic heterocycles. The third-order valence-electron chi connectivity index (χ3n) is 4.58. The number of aromatic hydroxyl groups is 1. The van der Waals surface area contributed by atoms with Gasteiger partial charge in [-0.1, -0.05) is 12.1 Å². The van der Waals surface area contributed by atoms with Gasteiger partial charge in [-0.2, -0.15) is 5.10 Å². The van der Waals surface area contributed by atoms with Crippen molar-refractivity contribution in [2.24, 2.45) is 5.10 Å². The van der Waals surface area contributed by atoms with Crippen LogP contribution < -0.4 is 19.6 Å². The summed E-state index contributed by atoms with van der Waals surface area (Å²) in [6, 6.07) is 13.2. The van der Waals surface area contributed by atoms with Crippen LogP contribution in [0.3, 0.4) is 0 Å². The molecule has 0 aliphatic heterocycles. The lowest BCUT2D eigenvalue weighted by Gasteiger charge is -2.11. The molecule has 0 fully saturated rings. The molecule has 3 rings (SSSR count). The maximum atomic E-state index is 12.7. The van der Waals surface area contributed by atoms with Crippen molar-refractivity contribution in [3.8, 4) is 23.0 Å². The van der Waals surface area contributed by atoms with Crippen molar-refractivity contribution in [2.75, 3.05) is 7.11 Å². The second-order valence-corrected chi connectivity index (χ2v) is 7.04. The highest BCUT2D eigenvalue weighted by atomic mass is 16.6. The highest BCUT2D eigenvalue weighted by Crippen LogP contribution is 2.29. The smallest absolute Gasteiger partial charge is 0.343 e. The summed E-state index contributed by atoms with van der Waals surface area (Å²) in [6.07, 6.45) is 1.05. The Morgan fingerprint density at radius 3 is 2.39 bits per heavy atom. The normalized spacial score (nSPS) is 10.5. The van der Waals surface area contributed by atoms with Crippen molar-refractivity contribution >= 4 is 29.7 Å². The van der Waals surface area contributed by atoms with E-state index in [1.165, 1.54) is 50.4 Å². The number of benzene rings is 3. The van der Waals surface area contributed by atoms with Crippen LogP contribution >= 0.6 is 0 Å². The van der Waals surface area contributed by atoms with Crippen LogP contribution in [0.15, 0.2) is 65.8 Å². The molecule has 12 nitrogen and oxygen atoms in total. The molecule has 36 heavy (non-hydrogen) atoms. The molecule has 2 N–H and O–H groups in total. The molecule has 0 radical (unpaired) electrons. The molecule has 3 aromatic rings. The molecule has 0 bridgehead atoms. The number of esters is 2. The summed E-state index contributed by atoms with van der Waals surface area (Å²) >= 11 is 0. The molecule has 0 atom stereocenters. The number of phenolic OH excluding ortho intramolecular Hbond substituents is 1. The topological polar surface area (TPSA) is 167 Å². The first-order chi connectivity index (χ1) is 17.2. The van der Waals surface area contributed by atoms with Crippen molar-refractivity contribution in [2.45, 2.75) is 6.92 Å². The lowest BCUT2D eigenvalue weighted by atomic mass is 10.1. The number of nitro benzene ring substituents is 1. The summed E-state index contributed by atoms with van der Waals surface area (Å²) in [5.74, 6) is -2.29. The van der Waals surface area contributed by atoms with Gasteiger partial charge < -0.3 is 19.3 Å². The lowest BCUT2D eigenvalue weighted by molar-refractivity contribution is -0.384. The number of hydrogen-bond acceptors (Lipinski definition) is 10. The summed E-state index contributed by atoms with van der Waals surface area (Å²) < 4.78 is 15.5. The van der Waals surface area contributed by atoms with Gasteiger partial charge in [0.05, 0.1) is 29.4 Å². The number of para-hydroxylation sites is 1. The molecule has 3 aromatic carbocycles. The molecular weight excluding hydrogens is 474 g/mol. The highest BCUT2D eigenvalue weighted by molar-refractivity contribution is 5.98. The molecule has 0 unspecified atom stereocenters. The summed E-state index contributed by atoms with van der Waals surface area (Å²) in [6.45, 7) is 1.21. The first kappa shape index (κ1) is 25.4. The average Bonchev–Trinajstić information content (AvgIpc) is 2.84. The minimum Gasteiger partial charge on any atom is -0.507 e. The van der Waals surface area contributed by atoms with Gasteiger partial charge in [-0.05, 0) is 36.4 Å². The summed E-state index contributed by atoms with van der Waals surface area (Å²) in [4.78, 5) is 46.7. The number of carbonyl (C=O) groups excluding carboxylic acids is 3. The number of hydrazone groups is 1. The van der Waals surface area contributed by atoms with Gasteiger partial charge in [-0.15, -0.1) is 0 Å². The largest absolute Gasteiger partial charge is 0.507 e. The lowest BCUT2D eigenvalue weighted by Crippen LogP contribution is -2.18. The first-order valence-corrected chi connectivity index (χ1v) is 10.2. The first-order valence-electron chi connectivity index (χ1n) is 10.2. The summed E-state index contributed by atoms with van der Waals surface area (Å²) in [5, 5.41) is 24.7. The van der Waals surface area contributed by atoms with Crippen LogP contribution in [0.5, 0.6) is 23.0 Å². The van der Waals surface area contributed by atoms with Gasteiger partial charge in [-0.3, -0.25) is 19.7 Å². The molecule has 0 heterocycles. The number of hydrogen-bond donors (Lipinski definition) is 2. The number of nitrogens with one attached hydrogen (secondary N) is 1. The van der Waals surface area contributed by atoms with Crippen LogP contribution in [0.25, 0.3) is 0 Å². The van der Waals surface area contributed by atoms with E-state index < -0.39 is 22.8 Å². The number of amides is 1. The third-order valence-corrected chi connectivity index (χ3v) is 4.58. The van der Waals surface area contributed by atoms with Crippen LogP contribution in [-0.2, 0) is 4.79 Å². The molecule has 0 saturated heterocycles. The Hall–Kier alpha value is -5.26. The zero-order valence-electron chi connectivity index (χ0n) is 19.0. The predicted molar refractivity (Wildman–Crippen MR) is 126 cm³/mol. The molecular formula is C24H19N3O9. The standard InChI is InChI=1S/C24H19N3O9/c1-14(28)35-21-9-7-15(12-22(21)34-2)24(31)36-20-10-8-17(27(32)33)11-16(20)13-25-26-23(30)18-5-3-4-6-19(18)29/h3-13,29H,1-2H3,(H,26,30)/b25-13+. The number of nitro groups is 1. The average molecular weight is 493 g/mol. The van der Waals surface area contributed by atoms with E-state index in [1.54, 1.807) is 12.1 Å². The third kappa shape index (κ3) is 6.20. The molecule has 0 saturated carbocycles. The molecule has 1 amide bonds. The zero-order valence-corrected chi connectivity index (χ0v) is 19.0. The van der Waals surface area contributed by atoms with Gasteiger partial charge in [0.15, 0.2) is 11.5 Å². The van der Waals surface area contributed by atoms with Gasteiger partial charge in [0, 0.05) is 24.6 Å². The number of nitrogens with zero attached hydrogens (tertiary/aromatic N) is 2. The highest BCUT2D eigenvalue weighted by Gasteiger charge is 2.18. The van der Waals surface area contributed by atoms with Crippen molar-refractivity contribution in [1.29, 1.82) is 0 Å². The Bertz CT molecular complexity index is 1370. The van der Waals surface area contributed by atoms with Gasteiger partial charge in [0.25, 0.3) is 11.6 Å². The molecule has 184 valence electrons. The monoisotopic (exact) mass is 493 g/mol. The van der Waals surface area contributed by atoms with E-state index in [4.69, 9.17) is 14.2 Å². The summed E-state index contributed by atoms with van der Waals surface area (Å²) in [7, 11) is 1.33. The van der Waals surface area contributed by atoms with Gasteiger partial charge >= 0.3 is 11.9 Å². The number of ether oxygens (including phenoxy) is 3. The maximum absolute atomic E-state index is 12.7. The number of rotatable bonds is 8. The van der Waals surface area contributed by atoms with E-state index >= 15 is 0 Å². The fourth-order valence-corrected chi connectivity index (χ4v) is 2.92. The second kappa shape index (κ2) is 11.2. The SMILES string of the molecule is COc1cc(C(=O)Oc2ccc([N+](=O)[O-])cc2/C=N/NC(=O)c2ccccc2O)ccc1OC(C)=O. The number of carbonyl (C=O) groups is 3. The van der Waals surface area contributed by atoms with E-state index in [0.29, 0.717) is 0 Å². The van der Waals surface area contributed by atoms with Crippen molar-refractivity contribution in [3.05, 3.63) is 87.5 Å². The molecule has 0 aliphatic carbocycles. The van der Waals surface area contributed by atoms with Crippen molar-refractivity contribution < 1.29 is 38.6 Å². The van der Waals surface area contributed by atoms with E-state index in [1.807, 2.05) is 0 Å². The van der Waals surface area contributed by atoms with Crippen LogP contribution in [0, 0.1) is 10.1 Å². The Balaban J connectivity index is 1.84. The Morgan fingerprint density at radius 1 is 1.00 bits per heavy atom. The number of methoxy groups -OCH3 is 1. The Morgan fingerprint density at radius 2 is 1.72 bits per heavy atom. The Kier molecular flexibility index (Phi) is 7.92.